The number of carbonyl (C=O) groups excluding carboxylic acids is 2. The van der Waals surface area contributed by atoms with E-state index in [-0.39, 0.29) is 30.6 Å². The number of hydrogen-bond donors (Lipinski definition) is 1. The predicted octanol–water partition coefficient (Wildman–Crippen LogP) is 4.17. The summed E-state index contributed by atoms with van der Waals surface area (Å²) >= 11 is 3.50. The van der Waals surface area contributed by atoms with Gasteiger partial charge in [0.05, 0.1) is 18.8 Å². The number of halogens is 1. The normalized spacial score (nSPS) is 23.9. The molecule has 3 amide bonds. The number of amides is 3. The molecule has 2 fully saturated rings. The second-order valence-electron chi connectivity index (χ2n) is 8.74. The number of imide groups is 1. The molecule has 1 aromatic carbocycles. The predicted molar refractivity (Wildman–Crippen MR) is 119 cm³/mol. The quantitative estimate of drug-likeness (QED) is 0.612. The van der Waals surface area contributed by atoms with E-state index in [1.807, 2.05) is 43.0 Å². The van der Waals surface area contributed by atoms with Crippen molar-refractivity contribution in [2.45, 2.75) is 64.6 Å². The number of carbonyl (C=O) groups is 2. The molecule has 2 aliphatic rings. The summed E-state index contributed by atoms with van der Waals surface area (Å²) in [5.41, 5.74) is 0.0644. The van der Waals surface area contributed by atoms with Crippen molar-refractivity contribution in [1.29, 1.82) is 0 Å². The van der Waals surface area contributed by atoms with Gasteiger partial charge >= 0.3 is 6.03 Å². The van der Waals surface area contributed by atoms with Gasteiger partial charge in [-0.25, -0.2) is 9.69 Å². The lowest BCUT2D eigenvalue weighted by molar-refractivity contribution is -0.136. The third-order valence-electron chi connectivity index (χ3n) is 6.46. The summed E-state index contributed by atoms with van der Waals surface area (Å²) in [5, 5.41) is 11.4. The van der Waals surface area contributed by atoms with Gasteiger partial charge < -0.3 is 9.73 Å². The lowest BCUT2D eigenvalue weighted by Gasteiger charge is -2.37. The first-order chi connectivity index (χ1) is 14.8. The van der Waals surface area contributed by atoms with Crippen LogP contribution in [0, 0.1) is 5.92 Å². The van der Waals surface area contributed by atoms with Crippen molar-refractivity contribution in [3.63, 3.8) is 0 Å². The van der Waals surface area contributed by atoms with Crippen molar-refractivity contribution in [3.8, 4) is 11.5 Å². The second-order valence-corrected chi connectivity index (χ2v) is 9.60. The first-order valence-electron chi connectivity index (χ1n) is 10.8. The summed E-state index contributed by atoms with van der Waals surface area (Å²) in [7, 11) is 0. The van der Waals surface area contributed by atoms with Gasteiger partial charge in [-0.3, -0.25) is 9.69 Å². The first-order valence-corrected chi connectivity index (χ1v) is 11.6. The summed E-state index contributed by atoms with van der Waals surface area (Å²) in [6.45, 7) is 6.62. The zero-order valence-electron chi connectivity index (χ0n) is 18.1. The van der Waals surface area contributed by atoms with Crippen LogP contribution >= 0.6 is 15.9 Å². The number of aromatic nitrogens is 2. The number of benzene rings is 1. The molecule has 1 aromatic heterocycles. The van der Waals surface area contributed by atoms with E-state index in [1.54, 1.807) is 0 Å². The highest BCUT2D eigenvalue weighted by Crippen LogP contribution is 2.38. The maximum absolute atomic E-state index is 13.3. The molecule has 166 valence electrons. The van der Waals surface area contributed by atoms with Gasteiger partial charge in [-0.05, 0) is 60.7 Å². The highest BCUT2D eigenvalue weighted by molar-refractivity contribution is 9.10. The molecular weight excluding hydrogens is 462 g/mol. The Morgan fingerprint density at radius 3 is 2.77 bits per heavy atom. The van der Waals surface area contributed by atoms with Crippen LogP contribution in [0.25, 0.3) is 11.5 Å². The number of nitrogens with one attached hydrogen (secondary N) is 1. The molecule has 1 aliphatic heterocycles. The molecule has 1 aliphatic carbocycles. The van der Waals surface area contributed by atoms with Crippen molar-refractivity contribution in [3.05, 3.63) is 34.6 Å². The van der Waals surface area contributed by atoms with E-state index in [0.717, 1.165) is 29.3 Å². The minimum Gasteiger partial charge on any atom is -0.419 e. The molecule has 1 saturated heterocycles. The minimum atomic E-state index is -0.755. The Hall–Kier alpha value is -2.26. The Bertz CT molecular complexity index is 978. The van der Waals surface area contributed by atoms with Crippen LogP contribution in [0.5, 0.6) is 0 Å². The van der Waals surface area contributed by atoms with E-state index in [9.17, 15) is 9.59 Å². The van der Waals surface area contributed by atoms with Gasteiger partial charge in [-0.1, -0.05) is 31.9 Å². The lowest BCUT2D eigenvalue weighted by atomic mass is 9.73. The average Bonchev–Trinajstić information content (AvgIpc) is 3.29. The van der Waals surface area contributed by atoms with Crippen LogP contribution in [0.2, 0.25) is 0 Å². The zero-order valence-corrected chi connectivity index (χ0v) is 19.7. The summed E-state index contributed by atoms with van der Waals surface area (Å²) < 4.78 is 6.75. The molecule has 9 heteroatoms. The summed E-state index contributed by atoms with van der Waals surface area (Å²) in [6.07, 6.45) is 3.71. The molecule has 1 N–H and O–H groups in total. The van der Waals surface area contributed by atoms with Crippen LogP contribution in [-0.2, 0) is 11.3 Å². The molecular formula is C22H28BrN5O3. The maximum Gasteiger partial charge on any atom is 0.326 e. The van der Waals surface area contributed by atoms with Gasteiger partial charge in [0.25, 0.3) is 5.91 Å². The molecule has 2 atom stereocenters. The molecule has 31 heavy (non-hydrogen) atoms. The van der Waals surface area contributed by atoms with Gasteiger partial charge in [0.15, 0.2) is 0 Å². The number of nitrogens with zero attached hydrogens (tertiary/aromatic N) is 4. The SMILES string of the molecule is CC(C)N(Cc1nnc(-c2ccccc2Br)o1)CN1C(=O)NC2(CCCCC2C)C1=O. The Balaban J connectivity index is 1.50. The minimum absolute atomic E-state index is 0.0692. The van der Waals surface area contributed by atoms with Gasteiger partial charge in [-0.2, -0.15) is 0 Å². The largest absolute Gasteiger partial charge is 0.419 e. The van der Waals surface area contributed by atoms with Gasteiger partial charge in [0.1, 0.15) is 5.54 Å². The fraction of sp³-hybridized carbons (Fsp3) is 0.545. The molecule has 1 spiro atoms. The van der Waals surface area contributed by atoms with Gasteiger partial charge in [0, 0.05) is 10.5 Å². The average molecular weight is 490 g/mol. The maximum atomic E-state index is 13.3. The standard InChI is InChI=1S/C22H28BrN5O3/c1-14(2)27(12-18-25-26-19(31-18)16-9-4-5-10-17(16)23)13-28-20(29)22(24-21(28)30)11-7-6-8-15(22)3/h4-5,9-10,14-15H,6-8,11-13H2,1-3H3,(H,24,30). The third kappa shape index (κ3) is 4.13. The molecule has 8 nitrogen and oxygen atoms in total. The van der Waals surface area contributed by atoms with Crippen LogP contribution in [0.4, 0.5) is 4.79 Å². The van der Waals surface area contributed by atoms with E-state index >= 15 is 0 Å². The molecule has 2 heterocycles. The summed E-state index contributed by atoms with van der Waals surface area (Å²) in [4.78, 5) is 29.4. The van der Waals surface area contributed by atoms with E-state index in [4.69, 9.17) is 4.42 Å². The smallest absolute Gasteiger partial charge is 0.326 e. The van der Waals surface area contributed by atoms with Crippen molar-refractivity contribution < 1.29 is 14.0 Å². The summed E-state index contributed by atoms with van der Waals surface area (Å²) in [6, 6.07) is 7.40. The molecule has 4 rings (SSSR count). The number of urea groups is 1. The van der Waals surface area contributed by atoms with E-state index in [1.165, 1.54) is 4.90 Å². The van der Waals surface area contributed by atoms with Crippen LogP contribution < -0.4 is 5.32 Å². The van der Waals surface area contributed by atoms with Crippen molar-refractivity contribution in [1.82, 2.24) is 25.3 Å². The van der Waals surface area contributed by atoms with Crippen LogP contribution in [-0.4, -0.2) is 50.2 Å². The number of hydrogen-bond acceptors (Lipinski definition) is 6. The van der Waals surface area contributed by atoms with Gasteiger partial charge in [0.2, 0.25) is 11.8 Å². The first kappa shape index (κ1) is 22.0. The van der Waals surface area contributed by atoms with Gasteiger partial charge in [-0.15, -0.1) is 10.2 Å². The van der Waals surface area contributed by atoms with E-state index in [2.05, 4.69) is 38.4 Å². The highest BCUT2D eigenvalue weighted by atomic mass is 79.9. The van der Waals surface area contributed by atoms with Crippen LogP contribution in [0.15, 0.2) is 33.2 Å². The van der Waals surface area contributed by atoms with Crippen LogP contribution in [0.3, 0.4) is 0 Å². The lowest BCUT2D eigenvalue weighted by Crippen LogP contribution is -2.54. The topological polar surface area (TPSA) is 91.6 Å². The Morgan fingerprint density at radius 1 is 1.29 bits per heavy atom. The fourth-order valence-corrected chi connectivity index (χ4v) is 4.89. The summed E-state index contributed by atoms with van der Waals surface area (Å²) in [5.74, 6) is 0.885. The zero-order chi connectivity index (χ0) is 22.2. The second kappa shape index (κ2) is 8.70. The fourth-order valence-electron chi connectivity index (χ4n) is 4.44. The molecule has 1 saturated carbocycles. The van der Waals surface area contributed by atoms with Crippen molar-refractivity contribution >= 4 is 27.9 Å². The Labute approximate surface area is 190 Å². The number of rotatable bonds is 6. The Morgan fingerprint density at radius 2 is 2.06 bits per heavy atom. The molecule has 2 unspecified atom stereocenters. The monoisotopic (exact) mass is 489 g/mol. The van der Waals surface area contributed by atoms with Crippen LogP contribution in [0.1, 0.15) is 52.3 Å². The Kier molecular flexibility index (Phi) is 6.16. The van der Waals surface area contributed by atoms with Crippen molar-refractivity contribution in [2.75, 3.05) is 6.67 Å². The van der Waals surface area contributed by atoms with Crippen molar-refractivity contribution in [2.24, 2.45) is 5.92 Å². The van der Waals surface area contributed by atoms with E-state index in [0.29, 0.717) is 24.7 Å². The van der Waals surface area contributed by atoms with E-state index < -0.39 is 5.54 Å². The third-order valence-corrected chi connectivity index (χ3v) is 7.16. The molecule has 0 radical (unpaired) electrons. The highest BCUT2D eigenvalue weighted by Gasteiger charge is 2.55. The molecule has 2 aromatic rings. The molecule has 0 bridgehead atoms.